The summed E-state index contributed by atoms with van der Waals surface area (Å²) in [5.74, 6) is 1.70. The number of ether oxygens (including phenoxy) is 1. The van der Waals surface area contributed by atoms with Gasteiger partial charge in [0.25, 0.3) is 0 Å². The van der Waals surface area contributed by atoms with Crippen LogP contribution in [0.1, 0.15) is 44.6 Å². The Morgan fingerprint density at radius 2 is 1.81 bits per heavy atom. The second-order valence-electron chi connectivity index (χ2n) is 6.59. The Morgan fingerprint density at radius 3 is 2.43 bits per heavy atom. The number of rotatable bonds is 7. The highest BCUT2D eigenvalue weighted by Gasteiger charge is 2.20. The molecule has 0 radical (unpaired) electrons. The van der Waals surface area contributed by atoms with E-state index in [0.717, 1.165) is 45.1 Å². The molecule has 1 aromatic rings. The van der Waals surface area contributed by atoms with Crippen LogP contribution in [0.15, 0.2) is 24.3 Å². The summed E-state index contributed by atoms with van der Waals surface area (Å²) in [5, 5.41) is 3.56. The van der Waals surface area contributed by atoms with Crippen LogP contribution in [-0.2, 0) is 4.74 Å². The van der Waals surface area contributed by atoms with E-state index < -0.39 is 0 Å². The highest BCUT2D eigenvalue weighted by Crippen LogP contribution is 2.29. The topological polar surface area (TPSA) is 21.3 Å². The van der Waals surface area contributed by atoms with E-state index in [4.69, 9.17) is 4.74 Å². The minimum Gasteiger partial charge on any atom is -0.381 e. The average molecular weight is 293 g/mol. The lowest BCUT2D eigenvalue weighted by molar-refractivity contribution is 0.0616. The quantitative estimate of drug-likeness (QED) is 0.821. The summed E-state index contributed by atoms with van der Waals surface area (Å²) in [6.07, 6.45) is 3.48. The van der Waals surface area contributed by atoms with Crippen molar-refractivity contribution in [1.82, 2.24) is 5.32 Å². The van der Waals surface area contributed by atoms with Crippen LogP contribution in [0.2, 0.25) is 0 Å². The standard InChI is InChI=1S/C18H28FNO/c1-14(2)12-20-13-17(11-15-7-9-21-10-8-15)16-3-5-18(19)6-4-16/h3-6,14-15,17,20H,7-13H2,1-2H3. The van der Waals surface area contributed by atoms with Crippen molar-refractivity contribution in [2.45, 2.75) is 39.0 Å². The normalized spacial score (nSPS) is 18.1. The van der Waals surface area contributed by atoms with Crippen molar-refractivity contribution in [2.75, 3.05) is 26.3 Å². The fourth-order valence-corrected chi connectivity index (χ4v) is 3.00. The summed E-state index contributed by atoms with van der Waals surface area (Å²) < 4.78 is 18.6. The van der Waals surface area contributed by atoms with E-state index in [0.29, 0.717) is 11.8 Å². The molecule has 1 aromatic carbocycles. The second-order valence-corrected chi connectivity index (χ2v) is 6.59. The molecular weight excluding hydrogens is 265 g/mol. The summed E-state index contributed by atoms with van der Waals surface area (Å²) >= 11 is 0. The van der Waals surface area contributed by atoms with E-state index in [-0.39, 0.29) is 5.82 Å². The zero-order chi connectivity index (χ0) is 15.1. The average Bonchev–Trinajstić information content (AvgIpc) is 2.48. The first-order valence-electron chi connectivity index (χ1n) is 8.19. The van der Waals surface area contributed by atoms with Crippen molar-refractivity contribution in [3.63, 3.8) is 0 Å². The highest BCUT2D eigenvalue weighted by molar-refractivity contribution is 5.21. The SMILES string of the molecule is CC(C)CNCC(CC1CCOCC1)c1ccc(F)cc1. The van der Waals surface area contributed by atoms with E-state index >= 15 is 0 Å². The van der Waals surface area contributed by atoms with Crippen molar-refractivity contribution in [2.24, 2.45) is 11.8 Å². The van der Waals surface area contributed by atoms with Crippen LogP contribution in [0.5, 0.6) is 0 Å². The number of hydrogen-bond donors (Lipinski definition) is 1. The summed E-state index contributed by atoms with van der Waals surface area (Å²) in [7, 11) is 0. The number of nitrogens with one attached hydrogen (secondary N) is 1. The predicted molar refractivity (Wildman–Crippen MR) is 85.0 cm³/mol. The molecule has 1 atom stereocenters. The van der Waals surface area contributed by atoms with E-state index in [9.17, 15) is 4.39 Å². The van der Waals surface area contributed by atoms with Gasteiger partial charge < -0.3 is 10.1 Å². The summed E-state index contributed by atoms with van der Waals surface area (Å²) in [6.45, 7) is 8.23. The Bertz CT molecular complexity index is 398. The summed E-state index contributed by atoms with van der Waals surface area (Å²) in [5.41, 5.74) is 1.25. The van der Waals surface area contributed by atoms with Crippen molar-refractivity contribution in [3.05, 3.63) is 35.6 Å². The molecule has 0 bridgehead atoms. The van der Waals surface area contributed by atoms with Crippen molar-refractivity contribution >= 4 is 0 Å². The van der Waals surface area contributed by atoms with Crippen LogP contribution in [-0.4, -0.2) is 26.3 Å². The molecule has 1 fully saturated rings. The Balaban J connectivity index is 1.96. The van der Waals surface area contributed by atoms with E-state index in [1.807, 2.05) is 12.1 Å². The lowest BCUT2D eigenvalue weighted by Gasteiger charge is -2.27. The Hall–Kier alpha value is -0.930. The molecule has 1 aliphatic rings. The minimum atomic E-state index is -0.154. The lowest BCUT2D eigenvalue weighted by atomic mass is 9.85. The molecule has 3 heteroatoms. The van der Waals surface area contributed by atoms with Crippen LogP contribution in [0.25, 0.3) is 0 Å². The molecule has 0 saturated carbocycles. The van der Waals surface area contributed by atoms with Crippen LogP contribution in [0.3, 0.4) is 0 Å². The van der Waals surface area contributed by atoms with Crippen molar-refractivity contribution < 1.29 is 9.13 Å². The van der Waals surface area contributed by atoms with Crippen LogP contribution >= 0.6 is 0 Å². The fraction of sp³-hybridized carbons (Fsp3) is 0.667. The molecular formula is C18H28FNO. The van der Waals surface area contributed by atoms with Gasteiger partial charge >= 0.3 is 0 Å². The molecule has 0 amide bonds. The third-order valence-electron chi connectivity index (χ3n) is 4.24. The number of hydrogen-bond acceptors (Lipinski definition) is 2. The molecule has 21 heavy (non-hydrogen) atoms. The summed E-state index contributed by atoms with van der Waals surface area (Å²) in [6, 6.07) is 7.04. The molecule has 2 nitrogen and oxygen atoms in total. The Morgan fingerprint density at radius 1 is 1.14 bits per heavy atom. The first-order chi connectivity index (χ1) is 10.1. The van der Waals surface area contributed by atoms with Crippen molar-refractivity contribution in [3.8, 4) is 0 Å². The van der Waals surface area contributed by atoms with Gasteiger partial charge in [-0.2, -0.15) is 0 Å². The number of benzene rings is 1. The summed E-state index contributed by atoms with van der Waals surface area (Å²) in [4.78, 5) is 0. The van der Waals surface area contributed by atoms with Crippen LogP contribution < -0.4 is 5.32 Å². The molecule has 0 spiro atoms. The zero-order valence-electron chi connectivity index (χ0n) is 13.3. The van der Waals surface area contributed by atoms with Gasteiger partial charge in [-0.15, -0.1) is 0 Å². The van der Waals surface area contributed by atoms with Gasteiger partial charge in [0.15, 0.2) is 0 Å². The van der Waals surface area contributed by atoms with Gasteiger partial charge in [0.05, 0.1) is 0 Å². The van der Waals surface area contributed by atoms with Gasteiger partial charge in [0, 0.05) is 19.8 Å². The third-order valence-corrected chi connectivity index (χ3v) is 4.24. The molecule has 2 rings (SSSR count). The Labute approximate surface area is 128 Å². The third kappa shape index (κ3) is 5.76. The monoisotopic (exact) mass is 293 g/mol. The van der Waals surface area contributed by atoms with Crippen LogP contribution in [0, 0.1) is 17.7 Å². The maximum absolute atomic E-state index is 13.1. The molecule has 1 saturated heterocycles. The molecule has 1 aliphatic heterocycles. The molecule has 1 N–H and O–H groups in total. The van der Waals surface area contributed by atoms with E-state index in [1.54, 1.807) is 12.1 Å². The van der Waals surface area contributed by atoms with E-state index in [1.165, 1.54) is 12.0 Å². The lowest BCUT2D eigenvalue weighted by Crippen LogP contribution is -2.28. The Kier molecular flexibility index (Phi) is 6.65. The fourth-order valence-electron chi connectivity index (χ4n) is 3.00. The van der Waals surface area contributed by atoms with E-state index in [2.05, 4.69) is 19.2 Å². The maximum Gasteiger partial charge on any atom is 0.123 e. The molecule has 1 unspecified atom stereocenters. The van der Waals surface area contributed by atoms with Crippen LogP contribution in [0.4, 0.5) is 4.39 Å². The van der Waals surface area contributed by atoms with Gasteiger partial charge in [0.2, 0.25) is 0 Å². The van der Waals surface area contributed by atoms with Gasteiger partial charge in [-0.1, -0.05) is 26.0 Å². The maximum atomic E-state index is 13.1. The molecule has 0 aliphatic carbocycles. The first-order valence-corrected chi connectivity index (χ1v) is 8.19. The first kappa shape index (κ1) is 16.4. The largest absolute Gasteiger partial charge is 0.381 e. The van der Waals surface area contributed by atoms with Gasteiger partial charge in [0.1, 0.15) is 5.82 Å². The minimum absolute atomic E-state index is 0.154. The molecule has 118 valence electrons. The van der Waals surface area contributed by atoms with Crippen molar-refractivity contribution in [1.29, 1.82) is 0 Å². The van der Waals surface area contributed by atoms with Gasteiger partial charge in [-0.05, 0) is 61.3 Å². The van der Waals surface area contributed by atoms with Gasteiger partial charge in [-0.3, -0.25) is 0 Å². The predicted octanol–water partition coefficient (Wildman–Crippen LogP) is 3.97. The molecule has 1 heterocycles. The molecule has 0 aromatic heterocycles. The second kappa shape index (κ2) is 8.50. The zero-order valence-corrected chi connectivity index (χ0v) is 13.3. The number of halogens is 1. The highest BCUT2D eigenvalue weighted by atomic mass is 19.1. The van der Waals surface area contributed by atoms with Gasteiger partial charge in [-0.25, -0.2) is 4.39 Å². The smallest absolute Gasteiger partial charge is 0.123 e.